The van der Waals surface area contributed by atoms with Crippen LogP contribution in [0.15, 0.2) is 18.2 Å². The minimum Gasteiger partial charge on any atom is -0.505 e. The van der Waals surface area contributed by atoms with Crippen molar-refractivity contribution in [3.63, 3.8) is 0 Å². The fraction of sp³-hybridized carbons (Fsp3) is 0.222. The Balaban J connectivity index is 2.87. The molecule has 0 saturated carbocycles. The Bertz CT molecular complexity index is 354. The van der Waals surface area contributed by atoms with Gasteiger partial charge in [0, 0.05) is 6.42 Å². The second-order valence-electron chi connectivity index (χ2n) is 2.90. The van der Waals surface area contributed by atoms with E-state index in [0.717, 1.165) is 6.07 Å². The second-order valence-corrected chi connectivity index (χ2v) is 2.90. The summed E-state index contributed by atoms with van der Waals surface area (Å²) in [5, 5.41) is 17.7. The Kier molecular flexibility index (Phi) is 3.03. The van der Waals surface area contributed by atoms with Crippen molar-refractivity contribution < 1.29 is 19.4 Å². The number of benzene rings is 1. The number of phenols is 1. The molecule has 76 valence electrons. The molecule has 4 N–H and O–H groups in total. The number of phenolic OH excluding ortho intramolecular Hbond substituents is 1. The van der Waals surface area contributed by atoms with E-state index in [2.05, 4.69) is 0 Å². The number of carboxylic acids is 1. The zero-order valence-electron chi connectivity index (χ0n) is 7.27. The van der Waals surface area contributed by atoms with Gasteiger partial charge in [-0.2, -0.15) is 0 Å². The number of nitrogens with two attached hydrogens (primary N) is 1. The summed E-state index contributed by atoms with van der Waals surface area (Å²) >= 11 is 0. The lowest BCUT2D eigenvalue weighted by molar-refractivity contribution is -0.138. The quantitative estimate of drug-likeness (QED) is 0.661. The summed E-state index contributed by atoms with van der Waals surface area (Å²) in [6.45, 7) is 0. The highest BCUT2D eigenvalue weighted by Gasteiger charge is 2.15. The molecule has 1 aromatic carbocycles. The molecular formula is C9H10FNO3. The molecule has 0 aliphatic heterocycles. The highest BCUT2D eigenvalue weighted by atomic mass is 19.1. The van der Waals surface area contributed by atoms with E-state index >= 15 is 0 Å². The van der Waals surface area contributed by atoms with Crippen LogP contribution in [0.3, 0.4) is 0 Å². The van der Waals surface area contributed by atoms with Crippen molar-refractivity contribution in [1.82, 2.24) is 0 Å². The Hall–Kier alpha value is -1.62. The summed E-state index contributed by atoms with van der Waals surface area (Å²) in [5.74, 6) is -2.50. The van der Waals surface area contributed by atoms with Gasteiger partial charge in [-0.3, -0.25) is 4.79 Å². The van der Waals surface area contributed by atoms with Crippen LogP contribution in [0.5, 0.6) is 5.75 Å². The van der Waals surface area contributed by atoms with Crippen LogP contribution in [0.4, 0.5) is 4.39 Å². The molecule has 0 bridgehead atoms. The fourth-order valence-corrected chi connectivity index (χ4v) is 1.05. The van der Waals surface area contributed by atoms with E-state index in [0.29, 0.717) is 0 Å². The molecule has 1 aromatic rings. The zero-order valence-corrected chi connectivity index (χ0v) is 7.27. The van der Waals surface area contributed by atoms with Crippen molar-refractivity contribution in [3.8, 4) is 5.75 Å². The molecular weight excluding hydrogens is 189 g/mol. The van der Waals surface area contributed by atoms with Crippen molar-refractivity contribution in [1.29, 1.82) is 0 Å². The third kappa shape index (κ3) is 2.20. The molecule has 0 radical (unpaired) electrons. The average molecular weight is 199 g/mol. The van der Waals surface area contributed by atoms with Gasteiger partial charge in [0.1, 0.15) is 6.04 Å². The van der Waals surface area contributed by atoms with Gasteiger partial charge in [0.25, 0.3) is 0 Å². The van der Waals surface area contributed by atoms with Crippen LogP contribution >= 0.6 is 0 Å². The number of rotatable bonds is 3. The fourth-order valence-electron chi connectivity index (χ4n) is 1.05. The number of aliphatic carboxylic acids is 1. The Morgan fingerprint density at radius 3 is 2.79 bits per heavy atom. The van der Waals surface area contributed by atoms with Crippen LogP contribution in [0.2, 0.25) is 0 Å². The minimum absolute atomic E-state index is 0.0983. The van der Waals surface area contributed by atoms with E-state index in [1.807, 2.05) is 0 Å². The van der Waals surface area contributed by atoms with Crippen LogP contribution in [0, 0.1) is 5.82 Å². The summed E-state index contributed by atoms with van der Waals surface area (Å²) in [7, 11) is 0. The number of aromatic hydroxyl groups is 1. The Labute approximate surface area is 79.8 Å². The van der Waals surface area contributed by atoms with Crippen molar-refractivity contribution in [2.45, 2.75) is 12.5 Å². The molecule has 5 heteroatoms. The van der Waals surface area contributed by atoms with Gasteiger partial charge in [0.2, 0.25) is 0 Å². The van der Waals surface area contributed by atoms with Gasteiger partial charge in [-0.05, 0) is 11.6 Å². The first-order chi connectivity index (χ1) is 6.52. The smallest absolute Gasteiger partial charge is 0.320 e. The highest BCUT2D eigenvalue weighted by molar-refractivity contribution is 5.73. The maximum Gasteiger partial charge on any atom is 0.320 e. The van der Waals surface area contributed by atoms with E-state index in [9.17, 15) is 14.3 Å². The van der Waals surface area contributed by atoms with Crippen LogP contribution < -0.4 is 5.73 Å². The number of halogens is 1. The summed E-state index contributed by atoms with van der Waals surface area (Å²) in [6, 6.07) is 2.77. The molecule has 0 aliphatic rings. The molecule has 0 aliphatic carbocycles. The largest absolute Gasteiger partial charge is 0.505 e. The van der Waals surface area contributed by atoms with E-state index in [4.69, 9.17) is 10.8 Å². The number of carbonyl (C=O) groups is 1. The van der Waals surface area contributed by atoms with Gasteiger partial charge in [-0.25, -0.2) is 4.39 Å². The minimum atomic E-state index is -1.19. The van der Waals surface area contributed by atoms with E-state index < -0.39 is 23.6 Å². The SMILES string of the molecule is N[C@H](Cc1cccc(F)c1O)C(=O)O. The summed E-state index contributed by atoms with van der Waals surface area (Å²) in [6.07, 6.45) is -0.0983. The van der Waals surface area contributed by atoms with Crippen molar-refractivity contribution in [2.24, 2.45) is 5.73 Å². The molecule has 0 aromatic heterocycles. The average Bonchev–Trinajstić information content (AvgIpc) is 2.12. The molecule has 1 rings (SSSR count). The number of para-hydroxylation sites is 1. The Morgan fingerprint density at radius 1 is 1.57 bits per heavy atom. The predicted molar refractivity (Wildman–Crippen MR) is 47.4 cm³/mol. The van der Waals surface area contributed by atoms with Gasteiger partial charge < -0.3 is 15.9 Å². The van der Waals surface area contributed by atoms with Crippen molar-refractivity contribution in [2.75, 3.05) is 0 Å². The third-order valence-electron chi connectivity index (χ3n) is 1.83. The number of carboxylic acid groups (broad SMARTS) is 1. The van der Waals surface area contributed by atoms with Gasteiger partial charge in [-0.15, -0.1) is 0 Å². The standard InChI is InChI=1S/C9H10FNO3/c10-6-3-1-2-5(8(6)12)4-7(11)9(13)14/h1-3,7,12H,4,11H2,(H,13,14)/t7-/m1/s1. The second kappa shape index (κ2) is 4.06. The van der Waals surface area contributed by atoms with Gasteiger partial charge in [0.05, 0.1) is 0 Å². The molecule has 0 saturated heterocycles. The maximum atomic E-state index is 12.8. The van der Waals surface area contributed by atoms with Crippen molar-refractivity contribution in [3.05, 3.63) is 29.6 Å². The van der Waals surface area contributed by atoms with Crippen LogP contribution in [-0.4, -0.2) is 22.2 Å². The monoisotopic (exact) mass is 199 g/mol. The highest BCUT2D eigenvalue weighted by Crippen LogP contribution is 2.21. The normalized spacial score (nSPS) is 12.4. The molecule has 0 spiro atoms. The first-order valence-corrected chi connectivity index (χ1v) is 3.97. The first-order valence-electron chi connectivity index (χ1n) is 3.97. The number of hydrogen-bond donors (Lipinski definition) is 3. The molecule has 0 fully saturated rings. The first kappa shape index (κ1) is 10.5. The van der Waals surface area contributed by atoms with Gasteiger partial charge in [-0.1, -0.05) is 12.1 Å². The van der Waals surface area contributed by atoms with Crippen LogP contribution in [-0.2, 0) is 11.2 Å². The third-order valence-corrected chi connectivity index (χ3v) is 1.83. The maximum absolute atomic E-state index is 12.8. The van der Waals surface area contributed by atoms with Gasteiger partial charge >= 0.3 is 5.97 Å². The molecule has 0 unspecified atom stereocenters. The lowest BCUT2D eigenvalue weighted by Crippen LogP contribution is -2.32. The molecule has 4 nitrogen and oxygen atoms in total. The molecule has 1 atom stereocenters. The predicted octanol–water partition coefficient (Wildman–Crippen LogP) is 0.486. The van der Waals surface area contributed by atoms with E-state index in [-0.39, 0.29) is 12.0 Å². The van der Waals surface area contributed by atoms with Gasteiger partial charge in [0.15, 0.2) is 11.6 Å². The molecule has 0 heterocycles. The van der Waals surface area contributed by atoms with Crippen LogP contribution in [0.25, 0.3) is 0 Å². The summed E-state index contributed by atoms with van der Waals surface area (Å²) < 4.78 is 12.8. The number of hydrogen-bond acceptors (Lipinski definition) is 3. The zero-order chi connectivity index (χ0) is 10.7. The molecule has 0 amide bonds. The topological polar surface area (TPSA) is 83.5 Å². The Morgan fingerprint density at radius 2 is 2.21 bits per heavy atom. The summed E-state index contributed by atoms with van der Waals surface area (Å²) in [4.78, 5) is 10.4. The van der Waals surface area contributed by atoms with E-state index in [1.54, 1.807) is 0 Å². The molecule has 14 heavy (non-hydrogen) atoms. The van der Waals surface area contributed by atoms with Crippen molar-refractivity contribution >= 4 is 5.97 Å². The van der Waals surface area contributed by atoms with Crippen LogP contribution in [0.1, 0.15) is 5.56 Å². The lowest BCUT2D eigenvalue weighted by Gasteiger charge is -2.08. The van der Waals surface area contributed by atoms with E-state index in [1.165, 1.54) is 12.1 Å². The lowest BCUT2D eigenvalue weighted by atomic mass is 10.1. The summed E-state index contributed by atoms with van der Waals surface area (Å²) in [5.41, 5.74) is 5.43.